The van der Waals surface area contributed by atoms with Crippen LogP contribution >= 0.6 is 0 Å². The maximum absolute atomic E-state index is 12.3. The van der Waals surface area contributed by atoms with Crippen LogP contribution in [0, 0.1) is 11.8 Å². The molecule has 1 aromatic carbocycles. The zero-order chi connectivity index (χ0) is 15.6. The van der Waals surface area contributed by atoms with Gasteiger partial charge in [-0.15, -0.1) is 0 Å². The Bertz CT molecular complexity index is 588. The topological polar surface area (TPSA) is 81.4 Å². The van der Waals surface area contributed by atoms with Crippen molar-refractivity contribution in [3.63, 3.8) is 0 Å². The van der Waals surface area contributed by atoms with Crippen molar-refractivity contribution >= 4 is 10.0 Å². The lowest BCUT2D eigenvalue weighted by atomic mass is 10.2. The minimum absolute atomic E-state index is 0.181. The Labute approximate surface area is 126 Å². The predicted molar refractivity (Wildman–Crippen MR) is 83.3 cm³/mol. The largest absolute Gasteiger partial charge is 0.381 e. The summed E-state index contributed by atoms with van der Waals surface area (Å²) in [6.45, 7) is 3.80. The van der Waals surface area contributed by atoms with Gasteiger partial charge in [-0.05, 0) is 25.0 Å². The van der Waals surface area contributed by atoms with Crippen LogP contribution in [0.15, 0.2) is 29.2 Å². The maximum Gasteiger partial charge on any atom is 0.241 e. The zero-order valence-electron chi connectivity index (χ0n) is 12.3. The molecule has 0 spiro atoms. The fourth-order valence-corrected chi connectivity index (χ4v) is 2.89. The molecule has 0 aliphatic carbocycles. The summed E-state index contributed by atoms with van der Waals surface area (Å²) < 4.78 is 32.4. The van der Waals surface area contributed by atoms with E-state index < -0.39 is 10.0 Å². The number of hydrogen-bond donors (Lipinski definition) is 2. The van der Waals surface area contributed by atoms with Crippen molar-refractivity contribution in [2.75, 3.05) is 26.3 Å². The number of nitrogens with one attached hydrogen (secondary N) is 1. The highest BCUT2D eigenvalue weighted by molar-refractivity contribution is 7.89. The summed E-state index contributed by atoms with van der Waals surface area (Å²) in [5.41, 5.74) is 5.78. The molecule has 0 fully saturated rings. The van der Waals surface area contributed by atoms with E-state index in [4.69, 9.17) is 10.5 Å². The fraction of sp³-hybridized carbons (Fsp3) is 0.467. The second kappa shape index (κ2) is 9.53. The van der Waals surface area contributed by atoms with Crippen molar-refractivity contribution in [1.29, 1.82) is 0 Å². The van der Waals surface area contributed by atoms with Crippen LogP contribution in [-0.2, 0) is 14.8 Å². The van der Waals surface area contributed by atoms with Crippen LogP contribution < -0.4 is 10.5 Å². The molecule has 0 atom stereocenters. The summed E-state index contributed by atoms with van der Waals surface area (Å²) in [4.78, 5) is 0.181. The van der Waals surface area contributed by atoms with Gasteiger partial charge in [0.1, 0.15) is 0 Å². The number of rotatable bonds is 8. The Morgan fingerprint density at radius 2 is 2.05 bits per heavy atom. The molecule has 116 valence electrons. The van der Waals surface area contributed by atoms with E-state index in [2.05, 4.69) is 16.6 Å². The molecule has 0 aromatic heterocycles. The van der Waals surface area contributed by atoms with Gasteiger partial charge < -0.3 is 10.5 Å². The highest BCUT2D eigenvalue weighted by Gasteiger charge is 2.16. The van der Waals surface area contributed by atoms with Crippen LogP contribution in [0.4, 0.5) is 0 Å². The van der Waals surface area contributed by atoms with E-state index in [1.54, 1.807) is 18.2 Å². The summed E-state index contributed by atoms with van der Waals surface area (Å²) in [6.07, 6.45) is 1.59. The van der Waals surface area contributed by atoms with Crippen LogP contribution in [0.1, 0.15) is 25.3 Å². The van der Waals surface area contributed by atoms with E-state index in [-0.39, 0.29) is 11.4 Å². The average Bonchev–Trinajstić information content (AvgIpc) is 2.49. The van der Waals surface area contributed by atoms with Gasteiger partial charge in [-0.2, -0.15) is 0 Å². The summed E-state index contributed by atoms with van der Waals surface area (Å²) in [5, 5.41) is 0. The van der Waals surface area contributed by atoms with Crippen molar-refractivity contribution in [2.45, 2.75) is 24.7 Å². The molecule has 1 aromatic rings. The maximum atomic E-state index is 12.3. The van der Waals surface area contributed by atoms with Crippen LogP contribution in [0.3, 0.4) is 0 Å². The third-order valence-electron chi connectivity index (χ3n) is 2.61. The van der Waals surface area contributed by atoms with Gasteiger partial charge in [0.25, 0.3) is 0 Å². The van der Waals surface area contributed by atoms with Gasteiger partial charge in [-0.3, -0.25) is 0 Å². The Morgan fingerprint density at radius 1 is 1.29 bits per heavy atom. The van der Waals surface area contributed by atoms with E-state index in [1.165, 1.54) is 6.07 Å². The van der Waals surface area contributed by atoms with Crippen LogP contribution in [0.25, 0.3) is 0 Å². The first-order valence-electron chi connectivity index (χ1n) is 6.97. The van der Waals surface area contributed by atoms with E-state index in [1.807, 2.05) is 6.92 Å². The second-order valence-corrected chi connectivity index (χ2v) is 6.10. The molecular weight excluding hydrogens is 288 g/mol. The second-order valence-electron chi connectivity index (χ2n) is 4.37. The van der Waals surface area contributed by atoms with Gasteiger partial charge in [-0.1, -0.05) is 30.9 Å². The number of nitrogens with two attached hydrogens (primary N) is 1. The smallest absolute Gasteiger partial charge is 0.241 e. The molecule has 0 amide bonds. The van der Waals surface area contributed by atoms with Crippen LogP contribution in [-0.4, -0.2) is 34.7 Å². The predicted octanol–water partition coefficient (Wildman–Crippen LogP) is 1.09. The molecule has 0 unspecified atom stereocenters. The first-order valence-corrected chi connectivity index (χ1v) is 8.45. The molecule has 0 aliphatic rings. The van der Waals surface area contributed by atoms with E-state index in [0.717, 1.165) is 6.42 Å². The van der Waals surface area contributed by atoms with Crippen molar-refractivity contribution in [1.82, 2.24) is 4.72 Å². The number of hydrogen-bond acceptors (Lipinski definition) is 4. The first kappa shape index (κ1) is 17.7. The van der Waals surface area contributed by atoms with E-state index >= 15 is 0 Å². The van der Waals surface area contributed by atoms with Gasteiger partial charge in [-0.25, -0.2) is 13.1 Å². The Morgan fingerprint density at radius 3 is 2.76 bits per heavy atom. The van der Waals surface area contributed by atoms with Crippen molar-refractivity contribution in [3.8, 4) is 11.8 Å². The molecule has 0 bridgehead atoms. The van der Waals surface area contributed by atoms with Crippen molar-refractivity contribution in [3.05, 3.63) is 29.8 Å². The Hall–Kier alpha value is -1.39. The number of sulfonamides is 1. The monoisotopic (exact) mass is 310 g/mol. The van der Waals surface area contributed by atoms with Gasteiger partial charge >= 0.3 is 0 Å². The third kappa shape index (κ3) is 6.27. The van der Waals surface area contributed by atoms with E-state index in [0.29, 0.717) is 31.7 Å². The molecule has 0 aliphatic heterocycles. The van der Waals surface area contributed by atoms with Gasteiger partial charge in [0.2, 0.25) is 10.0 Å². The molecule has 0 saturated carbocycles. The van der Waals surface area contributed by atoms with Crippen LogP contribution in [0.5, 0.6) is 0 Å². The highest BCUT2D eigenvalue weighted by Crippen LogP contribution is 2.14. The Kier molecular flexibility index (Phi) is 8.01. The SMILES string of the molecule is CCCOCCCNS(=O)(=O)c1ccccc1C#CCN. The molecule has 0 heterocycles. The summed E-state index contributed by atoms with van der Waals surface area (Å²) in [5.74, 6) is 5.45. The molecule has 0 saturated heterocycles. The lowest BCUT2D eigenvalue weighted by molar-refractivity contribution is 0.133. The lowest BCUT2D eigenvalue weighted by Crippen LogP contribution is -2.26. The molecule has 1 rings (SSSR count). The Balaban J connectivity index is 2.66. The summed E-state index contributed by atoms with van der Waals surface area (Å²) >= 11 is 0. The normalized spacial score (nSPS) is 11.0. The standard InChI is InChI=1S/C15H22N2O3S/c1-2-12-20-13-6-11-17-21(18,19)15-9-4-3-7-14(15)8-5-10-16/h3-4,7,9,17H,2,6,10-13,16H2,1H3. The van der Waals surface area contributed by atoms with Crippen molar-refractivity contribution < 1.29 is 13.2 Å². The molecule has 3 N–H and O–H groups in total. The molecule has 6 heteroatoms. The quantitative estimate of drug-likeness (QED) is 0.556. The van der Waals surface area contributed by atoms with Crippen LogP contribution in [0.2, 0.25) is 0 Å². The minimum Gasteiger partial charge on any atom is -0.381 e. The average molecular weight is 310 g/mol. The summed E-state index contributed by atoms with van der Waals surface area (Å²) in [7, 11) is -3.56. The molecule has 21 heavy (non-hydrogen) atoms. The minimum atomic E-state index is -3.56. The van der Waals surface area contributed by atoms with Gasteiger partial charge in [0.15, 0.2) is 0 Å². The fourth-order valence-electron chi connectivity index (χ4n) is 1.66. The van der Waals surface area contributed by atoms with E-state index in [9.17, 15) is 8.42 Å². The number of ether oxygens (including phenoxy) is 1. The lowest BCUT2D eigenvalue weighted by Gasteiger charge is -2.08. The summed E-state index contributed by atoms with van der Waals surface area (Å²) in [6, 6.07) is 6.63. The first-order chi connectivity index (χ1) is 10.1. The van der Waals surface area contributed by atoms with Gasteiger partial charge in [0, 0.05) is 25.3 Å². The molecule has 5 nitrogen and oxygen atoms in total. The third-order valence-corrected chi connectivity index (χ3v) is 4.13. The van der Waals surface area contributed by atoms with Crippen molar-refractivity contribution in [2.24, 2.45) is 5.73 Å². The highest BCUT2D eigenvalue weighted by atomic mass is 32.2. The molecule has 0 radical (unpaired) electrons. The zero-order valence-corrected chi connectivity index (χ0v) is 13.1. The van der Waals surface area contributed by atoms with Gasteiger partial charge in [0.05, 0.1) is 11.4 Å². The number of benzene rings is 1. The molecular formula is C15H22N2O3S.